The van der Waals surface area contributed by atoms with Crippen molar-refractivity contribution in [1.29, 1.82) is 0 Å². The first-order chi connectivity index (χ1) is 11.6. The van der Waals surface area contributed by atoms with Crippen molar-refractivity contribution >= 4 is 29.5 Å². The van der Waals surface area contributed by atoms with Gasteiger partial charge in [-0.15, -0.1) is 5.11 Å². The van der Waals surface area contributed by atoms with Gasteiger partial charge in [0.2, 0.25) is 0 Å². The smallest absolute Gasteiger partial charge is 0.341 e. The summed E-state index contributed by atoms with van der Waals surface area (Å²) < 4.78 is 10.1. The van der Waals surface area contributed by atoms with Crippen molar-refractivity contribution < 1.29 is 23.8 Å². The van der Waals surface area contributed by atoms with Gasteiger partial charge < -0.3 is 19.2 Å². The first-order valence-corrected chi connectivity index (χ1v) is 7.12. The molecule has 9 nitrogen and oxygen atoms in total. The third-order valence-electron chi connectivity index (χ3n) is 3.50. The van der Waals surface area contributed by atoms with Crippen LogP contribution in [0.25, 0.3) is 11.1 Å². The Morgan fingerprint density at radius 1 is 1.46 bits per heavy atom. The average Bonchev–Trinajstić information content (AvgIpc) is 2.98. The van der Waals surface area contributed by atoms with Crippen molar-refractivity contribution in [2.45, 2.75) is 13.0 Å². The van der Waals surface area contributed by atoms with Crippen molar-refractivity contribution in [1.82, 2.24) is 9.88 Å². The van der Waals surface area contributed by atoms with E-state index in [1.165, 1.54) is 4.90 Å². The number of likely N-dealkylation sites (N-methyl/N-ethyl adjacent to an activating group) is 1. The molecule has 0 fully saturated rings. The molecule has 0 aliphatic carbocycles. The second-order valence-corrected chi connectivity index (χ2v) is 5.18. The molecule has 124 valence electrons. The number of aliphatic hydroxyl groups excluding tert-OH is 1. The number of nitrogens with zero attached hydrogens (tertiary/aromatic N) is 4. The lowest BCUT2D eigenvalue weighted by atomic mass is 10.2. The van der Waals surface area contributed by atoms with Gasteiger partial charge in [0.15, 0.2) is 11.3 Å². The van der Waals surface area contributed by atoms with E-state index in [-0.39, 0.29) is 24.1 Å². The Morgan fingerprint density at radius 3 is 3.08 bits per heavy atom. The summed E-state index contributed by atoms with van der Waals surface area (Å²) >= 11 is 0. The van der Waals surface area contributed by atoms with Crippen LogP contribution in [0.4, 0.5) is 6.01 Å². The minimum Gasteiger partial charge on any atom is -0.510 e. The molecule has 0 saturated carbocycles. The molecule has 1 N–H and O–H groups in total. The van der Waals surface area contributed by atoms with Crippen LogP contribution in [0.5, 0.6) is 0 Å². The highest BCUT2D eigenvalue weighted by Crippen LogP contribution is 2.24. The summed E-state index contributed by atoms with van der Waals surface area (Å²) in [5.74, 6) is -0.516. The molecular weight excluding hydrogens is 316 g/mol. The fraction of sp³-hybridized carbons (Fsp3) is 0.267. The normalized spacial score (nSPS) is 15.5. The molecule has 2 aromatic rings. The number of oxazole rings is 1. The van der Waals surface area contributed by atoms with Gasteiger partial charge in [-0.05, 0) is 17.7 Å². The van der Waals surface area contributed by atoms with Crippen molar-refractivity contribution in [2.75, 3.05) is 13.6 Å². The van der Waals surface area contributed by atoms with E-state index in [1.807, 2.05) is 0 Å². The molecule has 0 bridgehead atoms. The summed E-state index contributed by atoms with van der Waals surface area (Å²) in [6.07, 6.45) is 0.324. The van der Waals surface area contributed by atoms with Crippen LogP contribution in [-0.2, 0) is 20.9 Å². The molecule has 3 rings (SSSR count). The van der Waals surface area contributed by atoms with Crippen molar-refractivity contribution in [3.63, 3.8) is 0 Å². The molecule has 0 atom stereocenters. The first kappa shape index (κ1) is 15.7. The average molecular weight is 330 g/mol. The number of ether oxygens (including phenoxy) is 1. The quantitative estimate of drug-likeness (QED) is 0.663. The van der Waals surface area contributed by atoms with E-state index in [2.05, 4.69) is 19.9 Å². The lowest BCUT2D eigenvalue weighted by Gasteiger charge is -2.21. The molecular formula is C15H14N4O5. The van der Waals surface area contributed by atoms with E-state index in [9.17, 15) is 14.7 Å². The zero-order valence-electron chi connectivity index (χ0n) is 12.8. The van der Waals surface area contributed by atoms with Gasteiger partial charge in [0, 0.05) is 20.0 Å². The van der Waals surface area contributed by atoms with E-state index in [0.29, 0.717) is 30.5 Å². The van der Waals surface area contributed by atoms with E-state index in [0.717, 1.165) is 5.56 Å². The fourth-order valence-electron chi connectivity index (χ4n) is 2.21. The largest absolute Gasteiger partial charge is 0.510 e. The molecule has 1 amide bonds. The lowest BCUT2D eigenvalue weighted by molar-refractivity contribution is -0.130. The minimum absolute atomic E-state index is 0.0419. The van der Waals surface area contributed by atoms with Crippen molar-refractivity contribution in [3.05, 3.63) is 35.2 Å². The Labute approximate surface area is 136 Å². The summed E-state index contributed by atoms with van der Waals surface area (Å²) in [6, 6.07) is 5.06. The van der Waals surface area contributed by atoms with Crippen LogP contribution in [0.15, 0.2) is 44.3 Å². The topological polar surface area (TPSA) is 118 Å². The third kappa shape index (κ3) is 3.09. The Kier molecular flexibility index (Phi) is 4.23. The van der Waals surface area contributed by atoms with Crippen LogP contribution in [0, 0.1) is 0 Å². The maximum absolute atomic E-state index is 11.9. The van der Waals surface area contributed by atoms with Gasteiger partial charge in [-0.2, -0.15) is 4.98 Å². The van der Waals surface area contributed by atoms with Gasteiger partial charge in [-0.3, -0.25) is 9.59 Å². The molecule has 1 aromatic carbocycles. The second kappa shape index (κ2) is 6.49. The second-order valence-electron chi connectivity index (χ2n) is 5.18. The summed E-state index contributed by atoms with van der Waals surface area (Å²) in [6.45, 7) is 0.916. The third-order valence-corrected chi connectivity index (χ3v) is 3.50. The van der Waals surface area contributed by atoms with Gasteiger partial charge in [0.05, 0.1) is 0 Å². The van der Waals surface area contributed by atoms with E-state index in [1.54, 1.807) is 25.2 Å². The van der Waals surface area contributed by atoms with Crippen molar-refractivity contribution in [2.24, 2.45) is 10.2 Å². The molecule has 0 radical (unpaired) electrons. The Balaban J connectivity index is 1.84. The van der Waals surface area contributed by atoms with Gasteiger partial charge in [0.1, 0.15) is 17.9 Å². The summed E-state index contributed by atoms with van der Waals surface area (Å²) in [7, 11) is 1.62. The van der Waals surface area contributed by atoms with Crippen LogP contribution in [0.2, 0.25) is 0 Å². The van der Waals surface area contributed by atoms with Gasteiger partial charge >= 0.3 is 6.01 Å². The van der Waals surface area contributed by atoms with Gasteiger partial charge in [-0.1, -0.05) is 11.2 Å². The fourth-order valence-corrected chi connectivity index (χ4v) is 2.21. The van der Waals surface area contributed by atoms with Gasteiger partial charge in [0.25, 0.3) is 12.4 Å². The molecule has 1 aliphatic rings. The van der Waals surface area contributed by atoms with E-state index >= 15 is 0 Å². The van der Waals surface area contributed by atoms with Crippen LogP contribution in [0.3, 0.4) is 0 Å². The number of carbonyl (C=O) groups is 2. The maximum Gasteiger partial charge on any atom is 0.341 e. The number of benzene rings is 1. The summed E-state index contributed by atoms with van der Waals surface area (Å²) in [5, 5.41) is 17.3. The Bertz CT molecular complexity index is 855. The molecule has 1 aromatic heterocycles. The van der Waals surface area contributed by atoms with E-state index < -0.39 is 5.91 Å². The SMILES string of the molecule is CN1CCC(O)=C(N=Nc2nc3ccc(COC=O)cc3o2)C1=O. The number of aliphatic hydroxyl groups is 1. The van der Waals surface area contributed by atoms with Gasteiger partial charge in [-0.25, -0.2) is 0 Å². The minimum atomic E-state index is -0.410. The number of rotatable bonds is 5. The predicted molar refractivity (Wildman–Crippen MR) is 81.3 cm³/mol. The molecule has 0 saturated heterocycles. The zero-order chi connectivity index (χ0) is 17.1. The van der Waals surface area contributed by atoms with Crippen LogP contribution < -0.4 is 0 Å². The number of fused-ring (bicyclic) bond motifs is 1. The Morgan fingerprint density at radius 2 is 2.29 bits per heavy atom. The molecule has 24 heavy (non-hydrogen) atoms. The number of amides is 1. The highest BCUT2D eigenvalue weighted by atomic mass is 16.5. The summed E-state index contributed by atoms with van der Waals surface area (Å²) in [5.41, 5.74) is 1.61. The number of hydrogen-bond donors (Lipinski definition) is 1. The van der Waals surface area contributed by atoms with Crippen molar-refractivity contribution in [3.8, 4) is 0 Å². The highest BCUT2D eigenvalue weighted by molar-refractivity contribution is 5.94. The molecule has 2 heterocycles. The highest BCUT2D eigenvalue weighted by Gasteiger charge is 2.24. The van der Waals surface area contributed by atoms with Crippen LogP contribution in [-0.4, -0.2) is 41.0 Å². The number of aromatic nitrogens is 1. The monoisotopic (exact) mass is 330 g/mol. The Hall–Kier alpha value is -3.23. The van der Waals surface area contributed by atoms with Crippen LogP contribution in [0.1, 0.15) is 12.0 Å². The lowest BCUT2D eigenvalue weighted by Crippen LogP contribution is -2.33. The number of carbonyl (C=O) groups excluding carboxylic acids is 2. The first-order valence-electron chi connectivity index (χ1n) is 7.12. The van der Waals surface area contributed by atoms with E-state index in [4.69, 9.17) is 4.42 Å². The molecule has 1 aliphatic heterocycles. The van der Waals surface area contributed by atoms with Crippen LogP contribution >= 0.6 is 0 Å². The summed E-state index contributed by atoms with van der Waals surface area (Å²) in [4.78, 5) is 27.7. The predicted octanol–water partition coefficient (Wildman–Crippen LogP) is 2.22. The number of hydrogen-bond acceptors (Lipinski definition) is 8. The number of azo groups is 1. The molecule has 0 unspecified atom stereocenters. The molecule has 0 spiro atoms. The maximum atomic E-state index is 11.9. The standard InChI is InChI=1S/C15H14N4O5/c1-19-5-4-11(21)13(14(19)22)17-18-15-16-10-3-2-9(7-23-8-20)6-12(10)24-15/h2-3,6,8,21H,4-5,7H2,1H3. The zero-order valence-corrected chi connectivity index (χ0v) is 12.8. The molecule has 9 heteroatoms.